The molecule has 1 aliphatic carbocycles. The van der Waals surface area contributed by atoms with Gasteiger partial charge in [-0.15, -0.1) is 0 Å². The van der Waals surface area contributed by atoms with E-state index < -0.39 is 19.6 Å². The average Bonchev–Trinajstić information content (AvgIpc) is 2.46. The SMILES string of the molecule is CC(C)(C)OC(=O)[C@@H]1CC(=O)C[C@@H](c2ccccc2)/C1=C\[Si](C)(C)C. The molecule has 0 bridgehead atoms. The van der Waals surface area contributed by atoms with Crippen molar-refractivity contribution in [3.8, 4) is 0 Å². The van der Waals surface area contributed by atoms with Crippen molar-refractivity contribution in [2.45, 2.75) is 64.8 Å². The lowest BCUT2D eigenvalue weighted by Gasteiger charge is -2.34. The number of carbonyl (C=O) groups is 2. The summed E-state index contributed by atoms with van der Waals surface area (Å²) in [6.07, 6.45) is 0.730. The second-order valence-electron chi connectivity index (χ2n) is 9.01. The number of carbonyl (C=O) groups excluding carboxylic acids is 2. The van der Waals surface area contributed by atoms with Gasteiger partial charge in [0.25, 0.3) is 0 Å². The average molecular weight is 359 g/mol. The Bertz CT molecular complexity index is 663. The molecule has 136 valence electrons. The van der Waals surface area contributed by atoms with Crippen LogP contribution in [0.4, 0.5) is 0 Å². The third kappa shape index (κ3) is 5.67. The Kier molecular flexibility index (Phi) is 5.72. The van der Waals surface area contributed by atoms with Gasteiger partial charge in [-0.25, -0.2) is 0 Å². The predicted octanol–water partition coefficient (Wildman–Crippen LogP) is 4.89. The van der Waals surface area contributed by atoms with Crippen LogP contribution in [0.15, 0.2) is 41.6 Å². The fourth-order valence-electron chi connectivity index (χ4n) is 3.31. The molecule has 0 unspecified atom stereocenters. The molecule has 0 heterocycles. The molecule has 2 rings (SSSR count). The molecule has 2 atom stereocenters. The van der Waals surface area contributed by atoms with Gasteiger partial charge in [0.05, 0.1) is 14.0 Å². The Morgan fingerprint density at radius 1 is 1.12 bits per heavy atom. The van der Waals surface area contributed by atoms with Gasteiger partial charge in [-0.3, -0.25) is 9.59 Å². The molecular weight excluding hydrogens is 328 g/mol. The fraction of sp³-hybridized carbons (Fsp3) is 0.524. The molecule has 1 fully saturated rings. The van der Waals surface area contributed by atoms with E-state index in [-0.39, 0.29) is 24.1 Å². The zero-order valence-electron chi connectivity index (χ0n) is 16.3. The van der Waals surface area contributed by atoms with Crippen LogP contribution in [0.25, 0.3) is 0 Å². The molecule has 0 radical (unpaired) electrons. The van der Waals surface area contributed by atoms with Gasteiger partial charge < -0.3 is 4.74 Å². The van der Waals surface area contributed by atoms with Crippen molar-refractivity contribution in [3.05, 3.63) is 47.2 Å². The first-order valence-corrected chi connectivity index (χ1v) is 12.6. The number of benzene rings is 1. The Morgan fingerprint density at radius 2 is 1.72 bits per heavy atom. The maximum Gasteiger partial charge on any atom is 0.314 e. The highest BCUT2D eigenvalue weighted by molar-refractivity contribution is 6.81. The summed E-state index contributed by atoms with van der Waals surface area (Å²) >= 11 is 0. The van der Waals surface area contributed by atoms with Gasteiger partial charge in [-0.1, -0.05) is 61.2 Å². The minimum atomic E-state index is -1.57. The van der Waals surface area contributed by atoms with Crippen LogP contribution in [0.3, 0.4) is 0 Å². The summed E-state index contributed by atoms with van der Waals surface area (Å²) in [6.45, 7) is 12.4. The van der Waals surface area contributed by atoms with Crippen LogP contribution in [-0.4, -0.2) is 25.4 Å². The topological polar surface area (TPSA) is 43.4 Å². The van der Waals surface area contributed by atoms with Crippen molar-refractivity contribution < 1.29 is 14.3 Å². The Hall–Kier alpha value is -1.68. The van der Waals surface area contributed by atoms with Crippen LogP contribution < -0.4 is 0 Å². The van der Waals surface area contributed by atoms with Crippen LogP contribution in [0.2, 0.25) is 19.6 Å². The van der Waals surface area contributed by atoms with Crippen molar-refractivity contribution >= 4 is 19.8 Å². The first kappa shape index (κ1) is 19.6. The molecule has 1 aromatic rings. The van der Waals surface area contributed by atoms with Crippen LogP contribution >= 0.6 is 0 Å². The highest BCUT2D eigenvalue weighted by Gasteiger charge is 2.39. The molecule has 4 heteroatoms. The second kappa shape index (κ2) is 7.28. The zero-order chi connectivity index (χ0) is 18.8. The number of hydrogen-bond donors (Lipinski definition) is 0. The molecule has 0 aliphatic heterocycles. The van der Waals surface area contributed by atoms with E-state index in [0.29, 0.717) is 6.42 Å². The molecule has 1 aliphatic rings. The molecule has 3 nitrogen and oxygen atoms in total. The monoisotopic (exact) mass is 358 g/mol. The maximum absolute atomic E-state index is 12.8. The summed E-state index contributed by atoms with van der Waals surface area (Å²) in [6, 6.07) is 10.1. The Balaban J connectivity index is 2.47. The number of rotatable bonds is 3. The number of ether oxygens (including phenoxy) is 1. The minimum absolute atomic E-state index is 0.0216. The van der Waals surface area contributed by atoms with Crippen molar-refractivity contribution in [1.29, 1.82) is 0 Å². The summed E-state index contributed by atoms with van der Waals surface area (Å²) in [4.78, 5) is 25.2. The van der Waals surface area contributed by atoms with Gasteiger partial charge in [0.15, 0.2) is 0 Å². The van der Waals surface area contributed by atoms with E-state index in [1.165, 1.54) is 0 Å². The third-order valence-electron chi connectivity index (χ3n) is 4.16. The van der Waals surface area contributed by atoms with E-state index in [9.17, 15) is 9.59 Å². The van der Waals surface area contributed by atoms with E-state index >= 15 is 0 Å². The number of Topliss-reactive ketones (excluding diaryl/α,β-unsaturated/α-hetero) is 1. The minimum Gasteiger partial charge on any atom is -0.459 e. The quantitative estimate of drug-likeness (QED) is 0.570. The van der Waals surface area contributed by atoms with Crippen molar-refractivity contribution in [2.75, 3.05) is 0 Å². The lowest BCUT2D eigenvalue weighted by Crippen LogP contribution is -2.36. The van der Waals surface area contributed by atoms with E-state index in [4.69, 9.17) is 4.74 Å². The number of esters is 1. The molecular formula is C21H30O3Si. The molecule has 0 saturated heterocycles. The molecule has 25 heavy (non-hydrogen) atoms. The van der Waals surface area contributed by atoms with E-state index in [2.05, 4.69) is 25.3 Å². The maximum atomic E-state index is 12.8. The van der Waals surface area contributed by atoms with E-state index in [0.717, 1.165) is 11.1 Å². The fourth-order valence-corrected chi connectivity index (χ4v) is 4.71. The summed E-state index contributed by atoms with van der Waals surface area (Å²) in [5.74, 6) is -0.618. The van der Waals surface area contributed by atoms with Crippen molar-refractivity contribution in [1.82, 2.24) is 0 Å². The van der Waals surface area contributed by atoms with Crippen LogP contribution in [-0.2, 0) is 14.3 Å². The highest BCUT2D eigenvalue weighted by atomic mass is 28.3. The number of ketones is 1. The first-order valence-electron chi connectivity index (χ1n) is 8.98. The third-order valence-corrected chi connectivity index (χ3v) is 5.36. The lowest BCUT2D eigenvalue weighted by molar-refractivity contribution is -0.160. The van der Waals surface area contributed by atoms with Crippen molar-refractivity contribution in [3.63, 3.8) is 0 Å². The Morgan fingerprint density at radius 3 is 2.24 bits per heavy atom. The van der Waals surface area contributed by atoms with Crippen molar-refractivity contribution in [2.24, 2.45) is 5.92 Å². The van der Waals surface area contributed by atoms with Gasteiger partial charge in [-0.05, 0) is 26.3 Å². The van der Waals surface area contributed by atoms with Crippen LogP contribution in [0.1, 0.15) is 45.1 Å². The molecule has 1 saturated carbocycles. The Labute approximate surface area is 152 Å². The summed E-state index contributed by atoms with van der Waals surface area (Å²) in [7, 11) is -1.57. The molecule has 0 spiro atoms. The normalized spacial score (nSPS) is 23.6. The van der Waals surface area contributed by atoms with E-state index in [1.807, 2.05) is 51.1 Å². The number of hydrogen-bond acceptors (Lipinski definition) is 3. The summed E-state index contributed by atoms with van der Waals surface area (Å²) in [5, 5.41) is 0. The largest absolute Gasteiger partial charge is 0.459 e. The molecule has 1 aromatic carbocycles. The zero-order valence-corrected chi connectivity index (χ0v) is 17.3. The van der Waals surface area contributed by atoms with Gasteiger partial charge in [0.2, 0.25) is 0 Å². The molecule has 0 aromatic heterocycles. The molecule has 0 N–H and O–H groups in total. The second-order valence-corrected chi connectivity index (χ2v) is 14.0. The molecule has 0 amide bonds. The smallest absolute Gasteiger partial charge is 0.314 e. The van der Waals surface area contributed by atoms with Gasteiger partial charge >= 0.3 is 5.97 Å². The summed E-state index contributed by atoms with van der Waals surface area (Å²) < 4.78 is 5.64. The van der Waals surface area contributed by atoms with E-state index in [1.54, 1.807) is 0 Å². The standard InChI is InChI=1S/C21H30O3Si/c1-21(2,3)24-20(23)18-13-16(22)12-17(15-10-8-7-9-11-15)19(18)14-25(4,5)6/h7-11,14,17-18H,12-13H2,1-6H3/b19-14+/t17-,18+/m0/s1. The summed E-state index contributed by atoms with van der Waals surface area (Å²) in [5.41, 5.74) is 3.93. The first-order chi connectivity index (χ1) is 11.5. The highest BCUT2D eigenvalue weighted by Crippen LogP contribution is 2.41. The predicted molar refractivity (Wildman–Crippen MR) is 104 cm³/mol. The lowest BCUT2D eigenvalue weighted by atomic mass is 9.73. The van der Waals surface area contributed by atoms with Crippen LogP contribution in [0.5, 0.6) is 0 Å². The van der Waals surface area contributed by atoms with Gasteiger partial charge in [0.1, 0.15) is 11.4 Å². The van der Waals surface area contributed by atoms with Crippen LogP contribution in [0, 0.1) is 5.92 Å². The van der Waals surface area contributed by atoms with Gasteiger partial charge in [-0.2, -0.15) is 0 Å². The van der Waals surface area contributed by atoms with Gasteiger partial charge in [0, 0.05) is 18.8 Å².